The number of piperazine rings is 1. The predicted molar refractivity (Wildman–Crippen MR) is 87.1 cm³/mol. The summed E-state index contributed by atoms with van der Waals surface area (Å²) in [6.45, 7) is 9.71. The predicted octanol–water partition coefficient (Wildman–Crippen LogP) is 3.48. The molecule has 0 radical (unpaired) electrons. The zero-order valence-corrected chi connectivity index (χ0v) is 13.2. The van der Waals surface area contributed by atoms with Crippen LogP contribution in [-0.4, -0.2) is 30.7 Å². The van der Waals surface area contributed by atoms with Gasteiger partial charge in [0.05, 0.1) is 5.69 Å². The van der Waals surface area contributed by atoms with Crippen LogP contribution in [0.4, 0.5) is 10.8 Å². The van der Waals surface area contributed by atoms with Crippen molar-refractivity contribution < 1.29 is 0 Å². The summed E-state index contributed by atoms with van der Waals surface area (Å²) < 4.78 is 0. The van der Waals surface area contributed by atoms with Gasteiger partial charge in [0.2, 0.25) is 0 Å². The molecule has 0 N–H and O–H groups in total. The van der Waals surface area contributed by atoms with Crippen LogP contribution < -0.4 is 9.80 Å². The molecule has 0 spiro atoms. The number of anilines is 2. The highest BCUT2D eigenvalue weighted by Gasteiger charge is 2.26. The number of thiazole rings is 1. The van der Waals surface area contributed by atoms with E-state index < -0.39 is 0 Å². The Balaban J connectivity index is 1.75. The smallest absolute Gasteiger partial charge is 0.185 e. The summed E-state index contributed by atoms with van der Waals surface area (Å²) in [4.78, 5) is 9.56. The van der Waals surface area contributed by atoms with Gasteiger partial charge in [0, 0.05) is 36.7 Å². The molecule has 1 aromatic carbocycles. The highest BCUT2D eigenvalue weighted by Crippen LogP contribution is 2.27. The number of nitrogens with zero attached hydrogens (tertiary/aromatic N) is 3. The number of benzene rings is 1. The van der Waals surface area contributed by atoms with Gasteiger partial charge in [0.25, 0.3) is 0 Å². The first-order chi connectivity index (χ1) is 9.65. The average Bonchev–Trinajstić information content (AvgIpc) is 2.85. The van der Waals surface area contributed by atoms with E-state index in [0.717, 1.165) is 25.3 Å². The van der Waals surface area contributed by atoms with Gasteiger partial charge in [-0.2, -0.15) is 0 Å². The zero-order valence-electron chi connectivity index (χ0n) is 12.3. The fourth-order valence-corrected chi connectivity index (χ4v) is 3.78. The Labute approximate surface area is 124 Å². The van der Waals surface area contributed by atoms with Crippen molar-refractivity contribution in [1.29, 1.82) is 0 Å². The normalized spacial score (nSPS) is 19.4. The monoisotopic (exact) mass is 287 g/mol. The maximum Gasteiger partial charge on any atom is 0.185 e. The summed E-state index contributed by atoms with van der Waals surface area (Å²) in [5.41, 5.74) is 3.85. The Morgan fingerprint density at radius 2 is 2.00 bits per heavy atom. The van der Waals surface area contributed by atoms with E-state index in [2.05, 4.69) is 65.2 Å². The minimum Gasteiger partial charge on any atom is -0.367 e. The van der Waals surface area contributed by atoms with Gasteiger partial charge in [-0.15, -0.1) is 11.3 Å². The average molecular weight is 287 g/mol. The van der Waals surface area contributed by atoms with Crippen LogP contribution in [0.2, 0.25) is 0 Å². The third kappa shape index (κ3) is 2.52. The van der Waals surface area contributed by atoms with E-state index in [1.165, 1.54) is 16.4 Å². The van der Waals surface area contributed by atoms with E-state index in [-0.39, 0.29) is 0 Å². The van der Waals surface area contributed by atoms with E-state index >= 15 is 0 Å². The number of hydrogen-bond acceptors (Lipinski definition) is 4. The quantitative estimate of drug-likeness (QED) is 0.843. The Kier molecular flexibility index (Phi) is 3.66. The van der Waals surface area contributed by atoms with E-state index in [1.807, 2.05) is 0 Å². The van der Waals surface area contributed by atoms with Crippen LogP contribution in [0.3, 0.4) is 0 Å². The van der Waals surface area contributed by atoms with Crippen LogP contribution in [0, 0.1) is 13.8 Å². The van der Waals surface area contributed by atoms with Crippen LogP contribution in [0.1, 0.15) is 18.2 Å². The van der Waals surface area contributed by atoms with Crippen LogP contribution in [0.15, 0.2) is 29.6 Å². The second-order valence-electron chi connectivity index (χ2n) is 5.55. The molecule has 1 saturated heterocycles. The van der Waals surface area contributed by atoms with Gasteiger partial charge in [-0.05, 0) is 32.4 Å². The lowest BCUT2D eigenvalue weighted by atomic mass is 10.1. The number of aromatic nitrogens is 1. The topological polar surface area (TPSA) is 19.4 Å². The fourth-order valence-electron chi connectivity index (χ4n) is 2.85. The summed E-state index contributed by atoms with van der Waals surface area (Å²) >= 11 is 1.76. The molecule has 1 aliphatic heterocycles. The lowest BCUT2D eigenvalue weighted by Gasteiger charge is -2.41. The second kappa shape index (κ2) is 5.44. The number of aryl methyl sites for hydroxylation is 2. The first kappa shape index (κ1) is 13.4. The Morgan fingerprint density at radius 3 is 2.65 bits per heavy atom. The first-order valence-electron chi connectivity index (χ1n) is 7.14. The largest absolute Gasteiger partial charge is 0.367 e. The molecule has 4 heteroatoms. The van der Waals surface area contributed by atoms with Crippen molar-refractivity contribution in [3.05, 3.63) is 40.9 Å². The minimum atomic E-state index is 0.494. The summed E-state index contributed by atoms with van der Waals surface area (Å²) in [5.74, 6) is 0. The summed E-state index contributed by atoms with van der Waals surface area (Å²) in [7, 11) is 0. The second-order valence-corrected chi connectivity index (χ2v) is 6.38. The molecule has 106 valence electrons. The van der Waals surface area contributed by atoms with Gasteiger partial charge >= 0.3 is 0 Å². The van der Waals surface area contributed by atoms with Crippen molar-refractivity contribution in [2.45, 2.75) is 26.8 Å². The molecule has 0 unspecified atom stereocenters. The molecule has 20 heavy (non-hydrogen) atoms. The lowest BCUT2D eigenvalue weighted by Crippen LogP contribution is -2.52. The molecule has 3 nitrogen and oxygen atoms in total. The third-order valence-corrected chi connectivity index (χ3v) is 4.93. The molecule has 0 bridgehead atoms. The van der Waals surface area contributed by atoms with E-state index in [1.54, 1.807) is 11.3 Å². The number of para-hydroxylation sites is 1. The minimum absolute atomic E-state index is 0.494. The molecule has 1 aromatic heterocycles. The number of hydrogen-bond donors (Lipinski definition) is 0. The molecule has 0 saturated carbocycles. The Hall–Kier alpha value is -1.55. The van der Waals surface area contributed by atoms with Crippen molar-refractivity contribution in [1.82, 2.24) is 4.98 Å². The molecule has 1 fully saturated rings. The molecule has 2 heterocycles. The molecule has 1 aliphatic rings. The summed E-state index contributed by atoms with van der Waals surface area (Å²) in [6, 6.07) is 9.15. The van der Waals surface area contributed by atoms with Crippen LogP contribution >= 0.6 is 11.3 Å². The maximum atomic E-state index is 4.63. The van der Waals surface area contributed by atoms with Crippen molar-refractivity contribution in [3.8, 4) is 0 Å². The Bertz CT molecular complexity index is 593. The molecule has 2 aromatic rings. The fraction of sp³-hybridized carbons (Fsp3) is 0.438. The lowest BCUT2D eigenvalue weighted by molar-refractivity contribution is 0.549. The SMILES string of the molecule is Cc1csc(N2CCN(c3ccccc3C)C[C@@H]2C)n1. The van der Waals surface area contributed by atoms with Crippen LogP contribution in [0.25, 0.3) is 0 Å². The van der Waals surface area contributed by atoms with Gasteiger partial charge in [-0.1, -0.05) is 18.2 Å². The van der Waals surface area contributed by atoms with Crippen molar-refractivity contribution in [2.75, 3.05) is 29.4 Å². The first-order valence-corrected chi connectivity index (χ1v) is 8.02. The van der Waals surface area contributed by atoms with Gasteiger partial charge in [0.1, 0.15) is 0 Å². The van der Waals surface area contributed by atoms with Crippen LogP contribution in [0.5, 0.6) is 0 Å². The van der Waals surface area contributed by atoms with Crippen molar-refractivity contribution in [2.24, 2.45) is 0 Å². The van der Waals surface area contributed by atoms with E-state index in [4.69, 9.17) is 0 Å². The van der Waals surface area contributed by atoms with Gasteiger partial charge in [-0.25, -0.2) is 4.98 Å². The molecular formula is C16H21N3S. The van der Waals surface area contributed by atoms with Crippen LogP contribution in [-0.2, 0) is 0 Å². The van der Waals surface area contributed by atoms with Crippen molar-refractivity contribution in [3.63, 3.8) is 0 Å². The highest BCUT2D eigenvalue weighted by atomic mass is 32.1. The highest BCUT2D eigenvalue weighted by molar-refractivity contribution is 7.13. The molecule has 0 amide bonds. The molecule has 3 rings (SSSR count). The third-order valence-electron chi connectivity index (χ3n) is 3.94. The molecule has 0 aliphatic carbocycles. The van der Waals surface area contributed by atoms with Gasteiger partial charge in [0.15, 0.2) is 5.13 Å². The molecular weight excluding hydrogens is 266 g/mol. The van der Waals surface area contributed by atoms with Crippen molar-refractivity contribution >= 4 is 22.2 Å². The van der Waals surface area contributed by atoms with E-state index in [9.17, 15) is 0 Å². The van der Waals surface area contributed by atoms with Gasteiger partial charge in [-0.3, -0.25) is 0 Å². The summed E-state index contributed by atoms with van der Waals surface area (Å²) in [5, 5.41) is 3.30. The zero-order chi connectivity index (χ0) is 14.1. The Morgan fingerprint density at radius 1 is 1.20 bits per heavy atom. The van der Waals surface area contributed by atoms with E-state index in [0.29, 0.717) is 6.04 Å². The standard InChI is InChI=1S/C16H21N3S/c1-12-6-4-5-7-15(12)18-8-9-19(14(3)10-18)16-17-13(2)11-20-16/h4-7,11,14H,8-10H2,1-3H3/t14-/m0/s1. The van der Waals surface area contributed by atoms with Gasteiger partial charge < -0.3 is 9.80 Å². The summed E-state index contributed by atoms with van der Waals surface area (Å²) in [6.07, 6.45) is 0. The molecule has 1 atom stereocenters. The number of rotatable bonds is 2. The maximum absolute atomic E-state index is 4.63.